The van der Waals surface area contributed by atoms with Crippen LogP contribution in [0.2, 0.25) is 0 Å². The van der Waals surface area contributed by atoms with Crippen LogP contribution in [0.25, 0.3) is 0 Å². The number of aryl methyl sites for hydroxylation is 2. The van der Waals surface area contributed by atoms with Gasteiger partial charge in [0.15, 0.2) is 0 Å². The average molecular weight is 467 g/mol. The lowest BCUT2D eigenvalue weighted by molar-refractivity contribution is -0.119. The molecule has 35 heavy (non-hydrogen) atoms. The molecule has 0 unspecified atom stereocenters. The first-order chi connectivity index (χ1) is 17.1. The molecule has 2 aromatic carbocycles. The van der Waals surface area contributed by atoms with E-state index in [2.05, 4.69) is 28.5 Å². The Morgan fingerprint density at radius 2 is 1.97 bits per heavy atom. The Kier molecular flexibility index (Phi) is 4.69. The molecule has 176 valence electrons. The number of benzene rings is 2. The van der Waals surface area contributed by atoms with Crippen LogP contribution in [-0.4, -0.2) is 22.8 Å². The van der Waals surface area contributed by atoms with Crippen molar-refractivity contribution in [3.63, 3.8) is 0 Å². The molecule has 2 aliphatic carbocycles. The van der Waals surface area contributed by atoms with Gasteiger partial charge in [0.2, 0.25) is 5.91 Å². The number of Topliss-reactive ketones (excluding diaryl/α,β-unsaturated/α-hetero) is 1. The first kappa shape index (κ1) is 20.7. The highest BCUT2D eigenvalue weighted by atomic mass is 16.5. The molecule has 6 heteroatoms. The number of ketones is 1. The molecule has 3 aromatic rings. The molecule has 0 radical (unpaired) electrons. The zero-order valence-corrected chi connectivity index (χ0v) is 19.4. The van der Waals surface area contributed by atoms with Gasteiger partial charge in [-0.1, -0.05) is 18.2 Å². The number of anilines is 1. The number of rotatable bonds is 6. The van der Waals surface area contributed by atoms with E-state index in [0.717, 1.165) is 41.0 Å². The number of aromatic nitrogens is 1. The highest BCUT2D eigenvalue weighted by molar-refractivity contribution is 5.93. The maximum absolute atomic E-state index is 12.9. The van der Waals surface area contributed by atoms with Crippen molar-refractivity contribution < 1.29 is 19.1 Å². The molecule has 1 amide bonds. The van der Waals surface area contributed by atoms with Crippen molar-refractivity contribution in [2.45, 2.75) is 57.0 Å². The molecular formula is C29H26N2O4. The monoisotopic (exact) mass is 466 g/mol. The van der Waals surface area contributed by atoms with Gasteiger partial charge in [-0.05, 0) is 66.6 Å². The van der Waals surface area contributed by atoms with Gasteiger partial charge >= 0.3 is 0 Å². The molecule has 0 saturated heterocycles. The first-order valence-corrected chi connectivity index (χ1v) is 12.5. The number of hydrogen-bond donors (Lipinski definition) is 1. The zero-order chi connectivity index (χ0) is 23.5. The van der Waals surface area contributed by atoms with Gasteiger partial charge in [-0.3, -0.25) is 9.59 Å². The van der Waals surface area contributed by atoms with Crippen molar-refractivity contribution >= 4 is 17.5 Å². The molecule has 7 rings (SSSR count). The van der Waals surface area contributed by atoms with Gasteiger partial charge in [0, 0.05) is 48.4 Å². The third-order valence-corrected chi connectivity index (χ3v) is 7.83. The fraction of sp³-hybridized carbons (Fsp3) is 0.345. The van der Waals surface area contributed by atoms with Crippen molar-refractivity contribution in [1.82, 2.24) is 4.98 Å². The predicted molar refractivity (Wildman–Crippen MR) is 130 cm³/mol. The highest BCUT2D eigenvalue weighted by Gasteiger charge is 2.59. The van der Waals surface area contributed by atoms with Crippen LogP contribution in [0.4, 0.5) is 5.82 Å². The summed E-state index contributed by atoms with van der Waals surface area (Å²) in [5, 5.41) is 2.81. The summed E-state index contributed by atoms with van der Waals surface area (Å²) < 4.78 is 12.4. The largest absolute Gasteiger partial charge is 0.489 e. The third-order valence-electron chi connectivity index (χ3n) is 7.83. The molecule has 1 fully saturated rings. The Balaban J connectivity index is 1.04. The van der Waals surface area contributed by atoms with Crippen LogP contribution in [0, 0.1) is 5.92 Å². The van der Waals surface area contributed by atoms with Crippen LogP contribution in [0.3, 0.4) is 0 Å². The van der Waals surface area contributed by atoms with Crippen molar-refractivity contribution in [2.75, 3.05) is 5.32 Å². The normalized spacial score (nSPS) is 22.9. The van der Waals surface area contributed by atoms with Gasteiger partial charge in [-0.25, -0.2) is 4.98 Å². The number of hydrogen-bond acceptors (Lipinski definition) is 5. The Morgan fingerprint density at radius 3 is 2.91 bits per heavy atom. The minimum absolute atomic E-state index is 0.0200. The van der Waals surface area contributed by atoms with Crippen LogP contribution in [0.15, 0.2) is 48.7 Å². The average Bonchev–Trinajstić information content (AvgIpc) is 3.18. The second-order valence-corrected chi connectivity index (χ2v) is 10.1. The minimum atomic E-state index is -0.0200. The van der Waals surface area contributed by atoms with Gasteiger partial charge in [0.05, 0.1) is 0 Å². The quantitative estimate of drug-likeness (QED) is 0.558. The van der Waals surface area contributed by atoms with Crippen molar-refractivity contribution in [3.8, 4) is 17.2 Å². The summed E-state index contributed by atoms with van der Waals surface area (Å²) in [6, 6.07) is 14.3. The van der Waals surface area contributed by atoms with Crippen LogP contribution < -0.4 is 14.8 Å². The molecule has 3 heterocycles. The minimum Gasteiger partial charge on any atom is -0.489 e. The summed E-state index contributed by atoms with van der Waals surface area (Å²) in [5.41, 5.74) is 6.04. The van der Waals surface area contributed by atoms with E-state index in [-0.39, 0.29) is 29.6 Å². The lowest BCUT2D eigenvalue weighted by Gasteiger charge is -2.19. The van der Waals surface area contributed by atoms with E-state index in [1.807, 2.05) is 24.3 Å². The topological polar surface area (TPSA) is 77.5 Å². The lowest BCUT2D eigenvalue weighted by atomic mass is 9.99. The smallest absolute Gasteiger partial charge is 0.225 e. The van der Waals surface area contributed by atoms with Gasteiger partial charge < -0.3 is 14.8 Å². The van der Waals surface area contributed by atoms with E-state index in [0.29, 0.717) is 37.3 Å². The molecule has 6 nitrogen and oxygen atoms in total. The molecule has 4 aliphatic rings. The fourth-order valence-electron chi connectivity index (χ4n) is 6.04. The van der Waals surface area contributed by atoms with Crippen molar-refractivity contribution in [2.24, 2.45) is 5.92 Å². The summed E-state index contributed by atoms with van der Waals surface area (Å²) in [5.74, 6) is 3.66. The number of ether oxygens (including phenoxy) is 2. The summed E-state index contributed by atoms with van der Waals surface area (Å²) in [6.07, 6.45) is 7.35. The van der Waals surface area contributed by atoms with E-state index in [1.54, 1.807) is 6.20 Å². The Bertz CT molecular complexity index is 1380. The van der Waals surface area contributed by atoms with Crippen molar-refractivity contribution in [3.05, 3.63) is 76.5 Å². The maximum atomic E-state index is 12.9. The van der Waals surface area contributed by atoms with E-state index in [1.165, 1.54) is 17.5 Å². The molecule has 1 aromatic heterocycles. The van der Waals surface area contributed by atoms with Gasteiger partial charge in [0.1, 0.15) is 35.0 Å². The summed E-state index contributed by atoms with van der Waals surface area (Å²) >= 11 is 0. The van der Waals surface area contributed by atoms with Crippen LogP contribution >= 0.6 is 0 Å². The van der Waals surface area contributed by atoms with Crippen LogP contribution in [-0.2, 0) is 35.3 Å². The summed E-state index contributed by atoms with van der Waals surface area (Å²) in [4.78, 5) is 28.8. The Hall–Kier alpha value is -3.67. The predicted octanol–water partition coefficient (Wildman–Crippen LogP) is 4.92. The van der Waals surface area contributed by atoms with Gasteiger partial charge in [-0.2, -0.15) is 0 Å². The fourth-order valence-corrected chi connectivity index (χ4v) is 6.04. The van der Waals surface area contributed by atoms with E-state index >= 15 is 0 Å². The summed E-state index contributed by atoms with van der Waals surface area (Å²) in [7, 11) is 0. The van der Waals surface area contributed by atoms with Gasteiger partial charge in [0.25, 0.3) is 0 Å². The van der Waals surface area contributed by atoms with E-state index in [9.17, 15) is 9.59 Å². The SMILES string of the molecule is O=C(Cc1ccc2c(c1)CCC2)C[C@@H]1[C@H]2Oc3ccc(Oc4ccnc5c4CCC(=O)N5)cc3[C@@H]12. The second-order valence-electron chi connectivity index (χ2n) is 10.1. The van der Waals surface area contributed by atoms with E-state index < -0.39 is 0 Å². The molecular weight excluding hydrogens is 440 g/mol. The molecule has 0 bridgehead atoms. The molecule has 1 saturated carbocycles. The van der Waals surface area contributed by atoms with Crippen LogP contribution in [0.1, 0.15) is 53.0 Å². The maximum Gasteiger partial charge on any atom is 0.225 e. The lowest BCUT2D eigenvalue weighted by Crippen LogP contribution is -2.20. The highest BCUT2D eigenvalue weighted by Crippen LogP contribution is 2.60. The Morgan fingerprint density at radius 1 is 1.06 bits per heavy atom. The van der Waals surface area contributed by atoms with Crippen LogP contribution in [0.5, 0.6) is 17.2 Å². The standard InChI is InChI=1S/C29H26N2O4/c32-19(13-16-4-5-17-2-1-3-18(17)12-16)14-23-27-22-15-20(6-8-24(22)35-28(23)27)34-25-10-11-30-29-21(25)7-9-26(33)31-29/h4-6,8,10-12,15,23,27-28H,1-3,7,9,13-14H2,(H,30,31,33)/t23-,27-,28+/m0/s1. The van der Waals surface area contributed by atoms with Crippen molar-refractivity contribution in [1.29, 1.82) is 0 Å². The van der Waals surface area contributed by atoms with Gasteiger partial charge in [-0.15, -0.1) is 0 Å². The number of pyridine rings is 1. The second kappa shape index (κ2) is 7.94. The molecule has 3 atom stereocenters. The molecule has 0 spiro atoms. The number of carbonyl (C=O) groups excluding carboxylic acids is 2. The number of nitrogens with zero attached hydrogens (tertiary/aromatic N) is 1. The first-order valence-electron chi connectivity index (χ1n) is 12.5. The number of nitrogens with one attached hydrogen (secondary N) is 1. The summed E-state index contributed by atoms with van der Waals surface area (Å²) in [6.45, 7) is 0. The number of amides is 1. The third kappa shape index (κ3) is 3.68. The molecule has 2 aliphatic heterocycles. The number of carbonyl (C=O) groups is 2. The number of fused-ring (bicyclic) bond motifs is 5. The Labute approximate surface area is 203 Å². The molecule has 1 N–H and O–H groups in total. The van der Waals surface area contributed by atoms with E-state index in [4.69, 9.17) is 9.47 Å². The zero-order valence-electron chi connectivity index (χ0n) is 19.4.